The second kappa shape index (κ2) is 17.0. The summed E-state index contributed by atoms with van der Waals surface area (Å²) >= 11 is 0. The number of aliphatic hydroxyl groups is 1. The van der Waals surface area contributed by atoms with E-state index in [0.29, 0.717) is 17.3 Å². The Morgan fingerprint density at radius 3 is 2.36 bits per heavy atom. The number of carbonyl (C=O) groups is 1. The Labute approximate surface area is 217 Å². The lowest BCUT2D eigenvalue weighted by Crippen LogP contribution is -2.30. The third-order valence-corrected chi connectivity index (χ3v) is 7.43. The van der Waals surface area contributed by atoms with Crippen LogP contribution < -0.4 is 4.72 Å². The van der Waals surface area contributed by atoms with Gasteiger partial charge in [-0.05, 0) is 57.1 Å². The number of rotatable bonds is 18. The van der Waals surface area contributed by atoms with Crippen LogP contribution in [0.4, 0.5) is 0 Å². The number of pyridine rings is 1. The van der Waals surface area contributed by atoms with Gasteiger partial charge in [-0.25, -0.2) is 13.1 Å². The number of aliphatic hydroxyl groups excluding tert-OH is 1. The fourth-order valence-electron chi connectivity index (χ4n) is 3.98. The Morgan fingerprint density at radius 2 is 1.61 bits per heavy atom. The molecule has 0 saturated carbocycles. The average molecular weight is 515 g/mol. The predicted octanol–water partition coefficient (Wildman–Crippen LogP) is 6.60. The number of nitrogens with zero attached hydrogens (tertiary/aromatic N) is 1. The lowest BCUT2D eigenvalue weighted by atomic mass is 10.1. The van der Waals surface area contributed by atoms with E-state index in [2.05, 4.69) is 34.9 Å². The number of benzene rings is 1. The molecule has 0 bridgehead atoms. The first-order chi connectivity index (χ1) is 17.4. The van der Waals surface area contributed by atoms with Gasteiger partial charge in [-0.1, -0.05) is 81.5 Å². The van der Waals surface area contributed by atoms with Crippen molar-refractivity contribution < 1.29 is 18.3 Å². The highest BCUT2D eigenvalue weighted by Crippen LogP contribution is 2.20. The molecular weight excluding hydrogens is 472 g/mol. The summed E-state index contributed by atoms with van der Waals surface area (Å²) in [6.07, 6.45) is 22.1. The monoisotopic (exact) mass is 514 g/mol. The summed E-state index contributed by atoms with van der Waals surface area (Å²) in [5.74, 6) is -0.498. The van der Waals surface area contributed by atoms with Gasteiger partial charge in [0.25, 0.3) is 10.0 Å². The number of amides is 1. The summed E-state index contributed by atoms with van der Waals surface area (Å²) in [4.78, 5) is 16.4. The number of hydrogen-bond acceptors (Lipinski definition) is 5. The summed E-state index contributed by atoms with van der Waals surface area (Å²) in [6, 6.07) is 8.43. The maximum absolute atomic E-state index is 12.7. The fraction of sp³-hybridized carbons (Fsp3) is 0.517. The van der Waals surface area contributed by atoms with Crippen molar-refractivity contribution in [2.45, 2.75) is 101 Å². The van der Waals surface area contributed by atoms with Gasteiger partial charge in [-0.3, -0.25) is 9.78 Å². The highest BCUT2D eigenvalue weighted by molar-refractivity contribution is 7.90. The number of allylic oxidation sites excluding steroid dienone is 3. The van der Waals surface area contributed by atoms with E-state index < -0.39 is 15.9 Å². The zero-order valence-corrected chi connectivity index (χ0v) is 22.4. The molecule has 1 amide bonds. The third kappa shape index (κ3) is 11.5. The molecule has 1 aromatic heterocycles. The molecule has 6 nitrogen and oxygen atoms in total. The highest BCUT2D eigenvalue weighted by atomic mass is 32.2. The van der Waals surface area contributed by atoms with Crippen LogP contribution in [0.25, 0.3) is 10.9 Å². The molecule has 0 fully saturated rings. The molecule has 0 radical (unpaired) electrons. The maximum Gasteiger partial charge on any atom is 0.266 e. The Hall–Kier alpha value is -2.51. The first-order valence-corrected chi connectivity index (χ1v) is 14.8. The van der Waals surface area contributed by atoms with E-state index in [4.69, 9.17) is 0 Å². The highest BCUT2D eigenvalue weighted by Gasteiger charge is 2.20. The normalized spacial score (nSPS) is 13.1. The van der Waals surface area contributed by atoms with Crippen molar-refractivity contribution in [2.75, 3.05) is 0 Å². The van der Waals surface area contributed by atoms with E-state index in [-0.39, 0.29) is 17.4 Å². The number of nitrogens with one attached hydrogen (secondary N) is 1. The number of para-hydroxylation sites is 1. The third-order valence-electron chi connectivity index (χ3n) is 6.03. The molecule has 0 unspecified atom stereocenters. The van der Waals surface area contributed by atoms with Crippen LogP contribution in [0.5, 0.6) is 0 Å². The number of fused-ring (bicyclic) bond motifs is 1. The number of carbonyl (C=O) groups excluding carboxylic acids is 1. The van der Waals surface area contributed by atoms with Gasteiger partial charge < -0.3 is 5.11 Å². The lowest BCUT2D eigenvalue weighted by molar-refractivity contribution is -0.119. The molecule has 0 aliphatic carbocycles. The van der Waals surface area contributed by atoms with Crippen molar-refractivity contribution in [3.8, 4) is 0 Å². The van der Waals surface area contributed by atoms with Crippen molar-refractivity contribution in [1.29, 1.82) is 0 Å². The molecule has 0 saturated heterocycles. The molecule has 2 N–H and O–H groups in total. The molecule has 1 heterocycles. The summed E-state index contributed by atoms with van der Waals surface area (Å²) in [6.45, 7) is 2.14. The minimum absolute atomic E-state index is 0.0199. The number of unbranched alkanes of at least 4 members (excludes halogenated alkanes) is 8. The minimum Gasteiger partial charge on any atom is -0.389 e. The lowest BCUT2D eigenvalue weighted by Gasteiger charge is -2.08. The second-order valence-electron chi connectivity index (χ2n) is 9.21. The molecule has 0 spiro atoms. The van der Waals surface area contributed by atoms with Gasteiger partial charge in [-0.15, -0.1) is 0 Å². The van der Waals surface area contributed by atoms with Gasteiger partial charge in [0, 0.05) is 18.0 Å². The van der Waals surface area contributed by atoms with E-state index >= 15 is 0 Å². The van der Waals surface area contributed by atoms with Gasteiger partial charge in [0.1, 0.15) is 4.90 Å². The van der Waals surface area contributed by atoms with Crippen LogP contribution in [0.3, 0.4) is 0 Å². The van der Waals surface area contributed by atoms with Crippen LogP contribution in [-0.4, -0.2) is 30.5 Å². The smallest absolute Gasteiger partial charge is 0.266 e. The van der Waals surface area contributed by atoms with Gasteiger partial charge in [0.2, 0.25) is 5.91 Å². The minimum atomic E-state index is -3.96. The van der Waals surface area contributed by atoms with Crippen LogP contribution in [0.15, 0.2) is 65.7 Å². The van der Waals surface area contributed by atoms with Gasteiger partial charge in [0.15, 0.2) is 0 Å². The quantitative estimate of drug-likeness (QED) is 0.172. The van der Waals surface area contributed by atoms with Crippen LogP contribution in [-0.2, 0) is 14.8 Å². The Bertz CT molecular complexity index is 1070. The Kier molecular flexibility index (Phi) is 14.1. The fourth-order valence-corrected chi connectivity index (χ4v) is 5.18. The van der Waals surface area contributed by atoms with E-state index in [1.54, 1.807) is 24.3 Å². The van der Waals surface area contributed by atoms with Crippen molar-refractivity contribution in [1.82, 2.24) is 9.71 Å². The van der Waals surface area contributed by atoms with Crippen LogP contribution >= 0.6 is 0 Å². The Balaban J connectivity index is 1.52. The van der Waals surface area contributed by atoms with E-state index in [1.165, 1.54) is 37.9 Å². The molecule has 0 aliphatic heterocycles. The molecule has 2 aromatic rings. The molecule has 1 aromatic carbocycles. The molecule has 7 heteroatoms. The zero-order valence-electron chi connectivity index (χ0n) is 21.6. The topological polar surface area (TPSA) is 96.4 Å². The Morgan fingerprint density at radius 1 is 0.944 bits per heavy atom. The van der Waals surface area contributed by atoms with Gasteiger partial charge in [-0.2, -0.15) is 0 Å². The molecule has 2 rings (SSSR count). The maximum atomic E-state index is 12.7. The van der Waals surface area contributed by atoms with Gasteiger partial charge >= 0.3 is 0 Å². The molecule has 1 atom stereocenters. The van der Waals surface area contributed by atoms with Crippen molar-refractivity contribution in [3.05, 3.63) is 60.8 Å². The predicted molar refractivity (Wildman–Crippen MR) is 147 cm³/mol. The van der Waals surface area contributed by atoms with Crippen molar-refractivity contribution in [3.63, 3.8) is 0 Å². The largest absolute Gasteiger partial charge is 0.389 e. The van der Waals surface area contributed by atoms with Crippen LogP contribution in [0.2, 0.25) is 0 Å². The van der Waals surface area contributed by atoms with Crippen molar-refractivity contribution >= 4 is 26.8 Å². The summed E-state index contributed by atoms with van der Waals surface area (Å²) in [5, 5.41) is 10.5. The number of sulfonamides is 1. The van der Waals surface area contributed by atoms with Crippen molar-refractivity contribution in [2.24, 2.45) is 0 Å². The standard InChI is InChI=1S/C29H42N2O4S/c1-2-3-20-26(32)21-14-12-10-8-6-4-5-7-9-11-13-15-23-28(33)31-36(34,35)27-22-16-18-25-19-17-24-30-29(25)27/h9,11,14,16-19,21-22,24,26,32H,2-8,10,12-13,15,20,23H2,1H3,(H,31,33)/t26-/m1/s1. The van der Waals surface area contributed by atoms with E-state index in [1.807, 2.05) is 6.08 Å². The van der Waals surface area contributed by atoms with Gasteiger partial charge in [0.05, 0.1) is 11.6 Å². The number of aromatic nitrogens is 1. The molecule has 36 heavy (non-hydrogen) atoms. The van der Waals surface area contributed by atoms with Crippen LogP contribution in [0.1, 0.15) is 90.4 Å². The first-order valence-electron chi connectivity index (χ1n) is 13.3. The summed E-state index contributed by atoms with van der Waals surface area (Å²) in [5.41, 5.74) is 0.359. The molecular formula is C29H42N2O4S. The second-order valence-corrected chi connectivity index (χ2v) is 10.9. The summed E-state index contributed by atoms with van der Waals surface area (Å²) < 4.78 is 27.5. The SMILES string of the molecule is CCCC[C@@H](O)C=CCCCCCCCC=CCCCC(=O)NS(=O)(=O)c1cccc2cccnc12. The molecule has 198 valence electrons. The number of hydrogen-bond donors (Lipinski definition) is 2. The average Bonchev–Trinajstić information content (AvgIpc) is 2.87. The van der Waals surface area contributed by atoms with Crippen LogP contribution in [0, 0.1) is 0 Å². The van der Waals surface area contributed by atoms with E-state index in [9.17, 15) is 18.3 Å². The zero-order chi connectivity index (χ0) is 26.1. The van der Waals surface area contributed by atoms with E-state index in [0.717, 1.165) is 44.9 Å². The summed E-state index contributed by atoms with van der Waals surface area (Å²) in [7, 11) is -3.96. The molecule has 0 aliphatic rings. The first kappa shape index (κ1) is 29.7.